The molecule has 4 nitrogen and oxygen atoms in total. The van der Waals surface area contributed by atoms with E-state index < -0.39 is 10.0 Å². The van der Waals surface area contributed by atoms with Crippen LogP contribution in [0.2, 0.25) is 0 Å². The molecule has 2 aliphatic rings. The Balaban J connectivity index is 1.93. The smallest absolute Gasteiger partial charge is 0.214 e. The maximum absolute atomic E-state index is 12.1. The van der Waals surface area contributed by atoms with Gasteiger partial charge in [0.2, 0.25) is 10.0 Å². The molecule has 0 unspecified atom stereocenters. The minimum atomic E-state index is -2.99. The Bertz CT molecular complexity index is 328. The van der Waals surface area contributed by atoms with E-state index in [1.807, 2.05) is 0 Å². The summed E-state index contributed by atoms with van der Waals surface area (Å²) in [6.45, 7) is 7.58. The van der Waals surface area contributed by atoms with Gasteiger partial charge in [0.05, 0.1) is 5.75 Å². The Kier molecular flexibility index (Phi) is 3.56. The molecule has 0 bridgehead atoms. The molecule has 0 spiro atoms. The summed E-state index contributed by atoms with van der Waals surface area (Å²) in [5.74, 6) is 1.87. The molecule has 0 aromatic heterocycles. The van der Waals surface area contributed by atoms with Crippen LogP contribution in [0.15, 0.2) is 0 Å². The number of sulfonamides is 1. The Hall–Kier alpha value is -0.130. The van der Waals surface area contributed by atoms with Crippen LogP contribution in [0.1, 0.15) is 20.3 Å². The van der Waals surface area contributed by atoms with Gasteiger partial charge in [-0.3, -0.25) is 0 Å². The topological polar surface area (TPSA) is 49.4 Å². The van der Waals surface area contributed by atoms with E-state index in [9.17, 15) is 8.42 Å². The molecule has 0 aromatic carbocycles. The second kappa shape index (κ2) is 4.63. The largest absolute Gasteiger partial charge is 0.316 e. The van der Waals surface area contributed by atoms with Gasteiger partial charge in [0.1, 0.15) is 0 Å². The van der Waals surface area contributed by atoms with Crippen LogP contribution in [0, 0.1) is 17.8 Å². The molecule has 1 N–H and O–H groups in total. The normalized spacial score (nSPS) is 31.2. The fourth-order valence-corrected chi connectivity index (χ4v) is 4.42. The van der Waals surface area contributed by atoms with Gasteiger partial charge in [-0.25, -0.2) is 12.7 Å². The van der Waals surface area contributed by atoms with Gasteiger partial charge in [0, 0.05) is 13.1 Å². The number of hydrogen-bond donors (Lipinski definition) is 1. The molecule has 0 radical (unpaired) electrons. The minimum absolute atomic E-state index is 0.317. The quantitative estimate of drug-likeness (QED) is 0.786. The standard InChI is InChI=1S/C11H22N2O2S/c1-9(2)3-4-16(14,15)13-7-10-5-12-6-11(10)8-13/h9-12H,3-8H2,1-2H3/t10-,11+. The third-order valence-electron chi connectivity index (χ3n) is 3.70. The van der Waals surface area contributed by atoms with Gasteiger partial charge in [0.15, 0.2) is 0 Å². The summed E-state index contributed by atoms with van der Waals surface area (Å²) >= 11 is 0. The third kappa shape index (κ3) is 2.57. The van der Waals surface area contributed by atoms with Gasteiger partial charge in [-0.05, 0) is 37.3 Å². The van der Waals surface area contributed by atoms with Crippen LogP contribution >= 0.6 is 0 Å². The molecule has 2 saturated heterocycles. The predicted octanol–water partition coefficient (Wildman–Crippen LogP) is 0.514. The molecule has 0 aromatic rings. The molecule has 0 aliphatic carbocycles. The summed E-state index contributed by atoms with van der Waals surface area (Å²) in [6, 6.07) is 0. The minimum Gasteiger partial charge on any atom is -0.316 e. The van der Waals surface area contributed by atoms with Crippen molar-refractivity contribution in [3.05, 3.63) is 0 Å². The average molecular weight is 246 g/mol. The van der Waals surface area contributed by atoms with Gasteiger partial charge in [-0.2, -0.15) is 0 Å². The molecule has 0 saturated carbocycles. The van der Waals surface area contributed by atoms with Gasteiger partial charge in [0.25, 0.3) is 0 Å². The fourth-order valence-electron chi connectivity index (χ4n) is 2.55. The zero-order valence-corrected chi connectivity index (χ0v) is 11.0. The summed E-state index contributed by atoms with van der Waals surface area (Å²) in [5.41, 5.74) is 0. The first-order valence-corrected chi connectivity index (χ1v) is 7.78. The Morgan fingerprint density at radius 1 is 1.25 bits per heavy atom. The third-order valence-corrected chi connectivity index (χ3v) is 5.54. The van der Waals surface area contributed by atoms with Gasteiger partial charge >= 0.3 is 0 Å². The number of hydrogen-bond acceptors (Lipinski definition) is 3. The summed E-state index contributed by atoms with van der Waals surface area (Å²) < 4.78 is 25.9. The van der Waals surface area contributed by atoms with E-state index >= 15 is 0 Å². The second-order valence-electron chi connectivity index (χ2n) is 5.49. The summed E-state index contributed by atoms with van der Waals surface area (Å²) in [5, 5.41) is 3.33. The maximum Gasteiger partial charge on any atom is 0.214 e. The fraction of sp³-hybridized carbons (Fsp3) is 1.00. The van der Waals surface area contributed by atoms with Crippen molar-refractivity contribution in [2.45, 2.75) is 20.3 Å². The van der Waals surface area contributed by atoms with Crippen LogP contribution in [0.3, 0.4) is 0 Å². The molecular formula is C11H22N2O2S. The van der Waals surface area contributed by atoms with Crippen LogP contribution in [-0.2, 0) is 10.0 Å². The molecule has 0 amide bonds. The van der Waals surface area contributed by atoms with E-state index in [1.165, 1.54) is 0 Å². The first-order chi connectivity index (χ1) is 7.49. The molecule has 2 rings (SSSR count). The number of rotatable bonds is 4. The molecule has 16 heavy (non-hydrogen) atoms. The van der Waals surface area contributed by atoms with Gasteiger partial charge < -0.3 is 5.32 Å². The number of fused-ring (bicyclic) bond motifs is 1. The van der Waals surface area contributed by atoms with Crippen molar-refractivity contribution in [2.75, 3.05) is 31.9 Å². The van der Waals surface area contributed by atoms with Crippen LogP contribution in [0.4, 0.5) is 0 Å². The highest BCUT2D eigenvalue weighted by atomic mass is 32.2. The van der Waals surface area contributed by atoms with Crippen molar-refractivity contribution in [1.82, 2.24) is 9.62 Å². The van der Waals surface area contributed by atoms with Crippen LogP contribution in [0.25, 0.3) is 0 Å². The second-order valence-corrected chi connectivity index (χ2v) is 7.58. The lowest BCUT2D eigenvalue weighted by atomic mass is 10.0. The van der Waals surface area contributed by atoms with E-state index in [0.717, 1.165) is 32.6 Å². The monoisotopic (exact) mass is 246 g/mol. The average Bonchev–Trinajstić information content (AvgIpc) is 2.73. The first-order valence-electron chi connectivity index (χ1n) is 6.17. The predicted molar refractivity (Wildman–Crippen MR) is 64.7 cm³/mol. The van der Waals surface area contributed by atoms with Gasteiger partial charge in [-0.1, -0.05) is 13.8 Å². The van der Waals surface area contributed by atoms with Crippen molar-refractivity contribution in [2.24, 2.45) is 17.8 Å². The van der Waals surface area contributed by atoms with Crippen molar-refractivity contribution in [3.8, 4) is 0 Å². The van der Waals surface area contributed by atoms with Gasteiger partial charge in [-0.15, -0.1) is 0 Å². The molecule has 2 heterocycles. The Labute approximate surface area is 98.4 Å². The summed E-state index contributed by atoms with van der Waals surface area (Å²) in [6.07, 6.45) is 0.770. The summed E-state index contributed by atoms with van der Waals surface area (Å²) in [7, 11) is -2.99. The molecule has 2 fully saturated rings. The Morgan fingerprint density at radius 2 is 1.81 bits per heavy atom. The maximum atomic E-state index is 12.1. The highest BCUT2D eigenvalue weighted by Crippen LogP contribution is 2.28. The van der Waals surface area contributed by atoms with Crippen molar-refractivity contribution >= 4 is 10.0 Å². The van der Waals surface area contributed by atoms with Crippen LogP contribution < -0.4 is 5.32 Å². The highest BCUT2D eigenvalue weighted by Gasteiger charge is 2.40. The highest BCUT2D eigenvalue weighted by molar-refractivity contribution is 7.89. The van der Waals surface area contributed by atoms with E-state index in [4.69, 9.17) is 0 Å². The molecule has 94 valence electrons. The molecular weight excluding hydrogens is 224 g/mol. The number of nitrogens with zero attached hydrogens (tertiary/aromatic N) is 1. The van der Waals surface area contributed by atoms with Crippen LogP contribution in [-0.4, -0.2) is 44.7 Å². The number of nitrogens with one attached hydrogen (secondary N) is 1. The lowest BCUT2D eigenvalue weighted by Gasteiger charge is -2.18. The molecule has 2 aliphatic heterocycles. The zero-order chi connectivity index (χ0) is 11.8. The van der Waals surface area contributed by atoms with E-state index in [2.05, 4.69) is 19.2 Å². The first kappa shape index (κ1) is 12.3. The molecule has 2 atom stereocenters. The van der Waals surface area contributed by atoms with E-state index in [1.54, 1.807) is 4.31 Å². The van der Waals surface area contributed by atoms with E-state index in [-0.39, 0.29) is 0 Å². The Morgan fingerprint density at radius 3 is 2.31 bits per heavy atom. The van der Waals surface area contributed by atoms with Crippen molar-refractivity contribution in [3.63, 3.8) is 0 Å². The van der Waals surface area contributed by atoms with E-state index in [0.29, 0.717) is 23.5 Å². The lowest BCUT2D eigenvalue weighted by molar-refractivity contribution is 0.443. The van der Waals surface area contributed by atoms with Crippen molar-refractivity contribution < 1.29 is 8.42 Å². The lowest BCUT2D eigenvalue weighted by Crippen LogP contribution is -2.34. The SMILES string of the molecule is CC(C)CCS(=O)(=O)N1C[C@H]2CNC[C@H]2C1. The molecule has 5 heteroatoms. The van der Waals surface area contributed by atoms with Crippen molar-refractivity contribution in [1.29, 1.82) is 0 Å². The summed E-state index contributed by atoms with van der Waals surface area (Å²) in [4.78, 5) is 0. The van der Waals surface area contributed by atoms with Crippen LogP contribution in [0.5, 0.6) is 0 Å². The zero-order valence-electron chi connectivity index (χ0n) is 10.1.